The Labute approximate surface area is 162 Å². The average Bonchev–Trinajstić information content (AvgIpc) is 3.17. The fourth-order valence-electron chi connectivity index (χ4n) is 3.88. The fraction of sp³-hybridized carbons (Fsp3) is 0.450. The van der Waals surface area contributed by atoms with Crippen LogP contribution in [0.1, 0.15) is 47.7 Å². The van der Waals surface area contributed by atoms with Gasteiger partial charge in [-0.05, 0) is 44.0 Å². The molecule has 6 nitrogen and oxygen atoms in total. The molecule has 1 aliphatic rings. The molecular formula is C20H23F2N5O. The van der Waals surface area contributed by atoms with Crippen LogP contribution in [0.15, 0.2) is 30.6 Å². The van der Waals surface area contributed by atoms with E-state index in [0.717, 1.165) is 53.9 Å². The second-order valence-corrected chi connectivity index (χ2v) is 7.27. The van der Waals surface area contributed by atoms with Crippen molar-refractivity contribution in [3.05, 3.63) is 53.1 Å². The number of methoxy groups -OCH3 is 1. The van der Waals surface area contributed by atoms with Crippen LogP contribution in [-0.4, -0.2) is 44.7 Å². The molecule has 28 heavy (non-hydrogen) atoms. The Kier molecular flexibility index (Phi) is 5.21. The Morgan fingerprint density at radius 1 is 1.29 bits per heavy atom. The summed E-state index contributed by atoms with van der Waals surface area (Å²) in [5.41, 5.74) is 2.79. The van der Waals surface area contributed by atoms with Crippen molar-refractivity contribution in [2.24, 2.45) is 0 Å². The molecule has 0 saturated carbocycles. The molecule has 1 unspecified atom stereocenters. The number of nitrogens with zero attached hydrogens (tertiary/aromatic N) is 5. The van der Waals surface area contributed by atoms with Crippen LogP contribution in [0.25, 0.3) is 5.78 Å². The van der Waals surface area contributed by atoms with Crippen molar-refractivity contribution in [3.8, 4) is 5.75 Å². The van der Waals surface area contributed by atoms with Gasteiger partial charge in [-0.1, -0.05) is 12.1 Å². The van der Waals surface area contributed by atoms with Gasteiger partial charge in [0.25, 0.3) is 12.2 Å². The first-order valence-corrected chi connectivity index (χ1v) is 9.39. The summed E-state index contributed by atoms with van der Waals surface area (Å²) < 4.78 is 33.6. The number of ether oxygens (including phenoxy) is 1. The second-order valence-electron chi connectivity index (χ2n) is 7.27. The molecule has 3 aromatic rings. The molecule has 1 saturated heterocycles. The Morgan fingerprint density at radius 3 is 2.93 bits per heavy atom. The standard InChI is InChI=1S/C20H23F2N5O/c1-13-5-6-15(18(8-13)28-2)11-26-7-3-4-14(10-26)16-9-17(19(21)22)27-20(25-16)23-12-24-27/h5-6,8-9,12,14,19H,3-4,7,10-11H2,1-2H3. The minimum Gasteiger partial charge on any atom is -0.496 e. The maximum absolute atomic E-state index is 13.5. The number of halogens is 2. The first-order valence-electron chi connectivity index (χ1n) is 9.39. The summed E-state index contributed by atoms with van der Waals surface area (Å²) in [6.07, 6.45) is 0.543. The van der Waals surface area contributed by atoms with Crippen molar-refractivity contribution in [2.75, 3.05) is 20.2 Å². The highest BCUT2D eigenvalue weighted by atomic mass is 19.3. The van der Waals surface area contributed by atoms with Crippen LogP contribution in [0.4, 0.5) is 8.78 Å². The lowest BCUT2D eigenvalue weighted by Crippen LogP contribution is -2.34. The van der Waals surface area contributed by atoms with Crippen molar-refractivity contribution >= 4 is 5.78 Å². The quantitative estimate of drug-likeness (QED) is 0.667. The largest absolute Gasteiger partial charge is 0.496 e. The molecule has 1 fully saturated rings. The van der Waals surface area contributed by atoms with E-state index in [1.54, 1.807) is 7.11 Å². The fourth-order valence-corrected chi connectivity index (χ4v) is 3.88. The maximum atomic E-state index is 13.5. The Hall–Kier alpha value is -2.61. The van der Waals surface area contributed by atoms with Crippen LogP contribution in [0, 0.1) is 6.92 Å². The van der Waals surface area contributed by atoms with E-state index in [1.807, 2.05) is 13.0 Å². The molecule has 0 radical (unpaired) electrons. The number of fused-ring (bicyclic) bond motifs is 1. The van der Waals surface area contributed by atoms with Gasteiger partial charge in [-0.25, -0.2) is 13.8 Å². The van der Waals surface area contributed by atoms with E-state index in [-0.39, 0.29) is 17.4 Å². The Morgan fingerprint density at radius 2 is 2.14 bits per heavy atom. The van der Waals surface area contributed by atoms with Crippen molar-refractivity contribution < 1.29 is 13.5 Å². The topological polar surface area (TPSA) is 55.6 Å². The van der Waals surface area contributed by atoms with Gasteiger partial charge in [0.1, 0.15) is 17.8 Å². The van der Waals surface area contributed by atoms with Crippen LogP contribution in [0.5, 0.6) is 5.75 Å². The average molecular weight is 387 g/mol. The van der Waals surface area contributed by atoms with Crippen molar-refractivity contribution in [1.82, 2.24) is 24.5 Å². The molecule has 0 bridgehead atoms. The van der Waals surface area contributed by atoms with Crippen molar-refractivity contribution in [3.63, 3.8) is 0 Å². The molecule has 3 heterocycles. The lowest BCUT2D eigenvalue weighted by Gasteiger charge is -2.33. The molecule has 1 aromatic carbocycles. The summed E-state index contributed by atoms with van der Waals surface area (Å²) in [5, 5.41) is 3.86. The Balaban J connectivity index is 1.57. The lowest BCUT2D eigenvalue weighted by atomic mass is 9.93. The monoisotopic (exact) mass is 387 g/mol. The second kappa shape index (κ2) is 7.79. The zero-order chi connectivity index (χ0) is 19.7. The van der Waals surface area contributed by atoms with Gasteiger partial charge in [0.15, 0.2) is 0 Å². The number of benzene rings is 1. The maximum Gasteiger partial charge on any atom is 0.280 e. The van der Waals surface area contributed by atoms with Crippen LogP contribution >= 0.6 is 0 Å². The highest BCUT2D eigenvalue weighted by Crippen LogP contribution is 2.31. The Bertz CT molecular complexity index is 974. The minimum atomic E-state index is -2.62. The molecular weight excluding hydrogens is 364 g/mol. The highest BCUT2D eigenvalue weighted by Gasteiger charge is 2.26. The summed E-state index contributed by atoms with van der Waals surface area (Å²) in [6, 6.07) is 7.68. The molecule has 0 N–H and O–H groups in total. The van der Waals surface area contributed by atoms with Gasteiger partial charge in [-0.2, -0.15) is 14.6 Å². The molecule has 1 atom stereocenters. The molecule has 0 spiro atoms. The van der Waals surface area contributed by atoms with Crippen LogP contribution in [0.2, 0.25) is 0 Å². The van der Waals surface area contributed by atoms with E-state index in [2.05, 4.69) is 32.1 Å². The lowest BCUT2D eigenvalue weighted by molar-refractivity contribution is 0.142. The number of aryl methyl sites for hydroxylation is 1. The predicted octanol–water partition coefficient (Wildman–Crippen LogP) is 3.76. The third-order valence-electron chi connectivity index (χ3n) is 5.28. The minimum absolute atomic E-state index is 0.0874. The molecule has 0 aliphatic carbocycles. The van der Waals surface area contributed by atoms with E-state index >= 15 is 0 Å². The number of hydrogen-bond donors (Lipinski definition) is 0. The van der Waals surface area contributed by atoms with Gasteiger partial charge in [0.2, 0.25) is 0 Å². The molecule has 1 aliphatic heterocycles. The van der Waals surface area contributed by atoms with E-state index in [1.165, 1.54) is 12.4 Å². The third-order valence-corrected chi connectivity index (χ3v) is 5.28. The van der Waals surface area contributed by atoms with Crippen molar-refractivity contribution in [1.29, 1.82) is 0 Å². The van der Waals surface area contributed by atoms with E-state index < -0.39 is 6.43 Å². The van der Waals surface area contributed by atoms with E-state index in [0.29, 0.717) is 5.69 Å². The summed E-state index contributed by atoms with van der Waals surface area (Å²) >= 11 is 0. The summed E-state index contributed by atoms with van der Waals surface area (Å²) in [4.78, 5) is 10.8. The molecule has 2 aromatic heterocycles. The summed E-state index contributed by atoms with van der Waals surface area (Å²) in [6.45, 7) is 4.52. The first kappa shape index (κ1) is 18.7. The van der Waals surface area contributed by atoms with E-state index in [4.69, 9.17) is 4.74 Å². The van der Waals surface area contributed by atoms with Crippen LogP contribution in [-0.2, 0) is 6.54 Å². The van der Waals surface area contributed by atoms with Gasteiger partial charge < -0.3 is 4.74 Å². The first-order chi connectivity index (χ1) is 13.5. The number of aromatic nitrogens is 4. The van der Waals surface area contributed by atoms with Gasteiger partial charge in [-0.15, -0.1) is 0 Å². The SMILES string of the molecule is COc1cc(C)ccc1CN1CCCC(c2cc(C(F)F)n3ncnc3n2)C1. The highest BCUT2D eigenvalue weighted by molar-refractivity contribution is 5.37. The number of likely N-dealkylation sites (tertiary alicyclic amines) is 1. The smallest absolute Gasteiger partial charge is 0.280 e. The van der Waals surface area contributed by atoms with Gasteiger partial charge >= 0.3 is 0 Å². The number of alkyl halides is 2. The molecule has 148 valence electrons. The number of hydrogen-bond acceptors (Lipinski definition) is 5. The predicted molar refractivity (Wildman–Crippen MR) is 101 cm³/mol. The number of rotatable bonds is 5. The zero-order valence-corrected chi connectivity index (χ0v) is 16.0. The summed E-state index contributed by atoms with van der Waals surface area (Å²) in [5.74, 6) is 1.19. The normalized spacial score (nSPS) is 18.1. The molecule has 8 heteroatoms. The van der Waals surface area contributed by atoms with Crippen LogP contribution in [0.3, 0.4) is 0 Å². The van der Waals surface area contributed by atoms with Gasteiger partial charge in [0, 0.05) is 24.6 Å². The van der Waals surface area contributed by atoms with Gasteiger partial charge in [-0.3, -0.25) is 4.90 Å². The van der Waals surface area contributed by atoms with E-state index in [9.17, 15) is 8.78 Å². The molecule has 4 rings (SSSR count). The van der Waals surface area contributed by atoms with Crippen molar-refractivity contribution in [2.45, 2.75) is 38.7 Å². The summed E-state index contributed by atoms with van der Waals surface area (Å²) in [7, 11) is 1.68. The van der Waals surface area contributed by atoms with Gasteiger partial charge in [0.05, 0.1) is 12.8 Å². The molecule has 0 amide bonds. The zero-order valence-electron chi connectivity index (χ0n) is 16.0. The number of piperidine rings is 1. The van der Waals surface area contributed by atoms with Crippen LogP contribution < -0.4 is 4.74 Å². The third kappa shape index (κ3) is 3.69.